The Labute approximate surface area is 112 Å². The van der Waals surface area contributed by atoms with Crippen molar-refractivity contribution in [3.8, 4) is 0 Å². The summed E-state index contributed by atoms with van der Waals surface area (Å²) in [5.41, 5.74) is 0.298. The molecule has 4 nitrogen and oxygen atoms in total. The second-order valence-corrected chi connectivity index (χ2v) is 4.40. The molecule has 0 amide bonds. The minimum Gasteiger partial charge on any atom is -0.262 e. The van der Waals surface area contributed by atoms with Crippen molar-refractivity contribution in [2.45, 2.75) is 12.1 Å². The molecule has 1 atom stereocenters. The molecule has 0 bridgehead atoms. The van der Waals surface area contributed by atoms with E-state index < -0.39 is 5.66 Å². The van der Waals surface area contributed by atoms with E-state index >= 15 is 0 Å². The summed E-state index contributed by atoms with van der Waals surface area (Å²) < 4.78 is 0. The largest absolute Gasteiger partial charge is 0.304 e. The first-order chi connectivity index (χ1) is 9.19. The number of nitrogens with one attached hydrogen (secondary N) is 1. The lowest BCUT2D eigenvalue weighted by molar-refractivity contribution is -0.587. The van der Waals surface area contributed by atoms with Gasteiger partial charge in [-0.1, -0.05) is 60.7 Å². The van der Waals surface area contributed by atoms with Crippen molar-refractivity contribution >= 4 is 0 Å². The van der Waals surface area contributed by atoms with Crippen LogP contribution in [0.3, 0.4) is 0 Å². The molecule has 0 saturated carbocycles. The molecule has 19 heavy (non-hydrogen) atoms. The number of benzene rings is 2. The first-order valence-corrected chi connectivity index (χ1v) is 6.12. The number of nitrogens with zero attached hydrogens (tertiary/aromatic N) is 1. The van der Waals surface area contributed by atoms with Crippen LogP contribution in [0, 0.1) is 10.1 Å². The Kier molecular flexibility index (Phi) is 3.92. The molecule has 0 aliphatic heterocycles. The quantitative estimate of drug-likeness (QED) is 0.508. The minimum atomic E-state index is -1.29. The number of hydrogen-bond acceptors (Lipinski definition) is 3. The van der Waals surface area contributed by atoms with Crippen molar-refractivity contribution in [3.05, 3.63) is 81.9 Å². The molecule has 4 heteroatoms. The van der Waals surface area contributed by atoms with Crippen molar-refractivity contribution in [2.24, 2.45) is 0 Å². The van der Waals surface area contributed by atoms with Gasteiger partial charge in [-0.2, -0.15) is 0 Å². The average Bonchev–Trinajstić information content (AvgIpc) is 2.46. The van der Waals surface area contributed by atoms with Crippen LogP contribution in [0.1, 0.15) is 11.1 Å². The van der Waals surface area contributed by atoms with Gasteiger partial charge in [0, 0.05) is 10.5 Å². The summed E-state index contributed by atoms with van der Waals surface area (Å²) in [5, 5.41) is 14.5. The van der Waals surface area contributed by atoms with Crippen LogP contribution in [0.25, 0.3) is 0 Å². The van der Waals surface area contributed by atoms with Crippen LogP contribution < -0.4 is 5.32 Å². The van der Waals surface area contributed by atoms with Crippen molar-refractivity contribution in [1.29, 1.82) is 0 Å². The van der Waals surface area contributed by atoms with Gasteiger partial charge in [0.2, 0.25) is 0 Å². The fourth-order valence-corrected chi connectivity index (χ4v) is 2.20. The fraction of sp³-hybridized carbons (Fsp3) is 0.200. The third-order valence-corrected chi connectivity index (χ3v) is 3.28. The molecule has 1 unspecified atom stereocenters. The first-order valence-electron chi connectivity index (χ1n) is 6.12. The van der Waals surface area contributed by atoms with Crippen LogP contribution in [0.4, 0.5) is 0 Å². The Balaban J connectivity index is 2.44. The zero-order valence-corrected chi connectivity index (χ0v) is 10.7. The molecule has 0 spiro atoms. The molecule has 0 fully saturated rings. The Hall–Kier alpha value is -2.20. The van der Waals surface area contributed by atoms with Crippen molar-refractivity contribution in [2.75, 3.05) is 7.05 Å². The van der Waals surface area contributed by atoms with Crippen LogP contribution in [-0.2, 0) is 12.1 Å². The second kappa shape index (κ2) is 5.63. The van der Waals surface area contributed by atoms with E-state index in [1.165, 1.54) is 0 Å². The normalized spacial score (nSPS) is 13.7. The summed E-state index contributed by atoms with van der Waals surface area (Å²) in [7, 11) is 1.62. The predicted molar refractivity (Wildman–Crippen MR) is 74.3 cm³/mol. The maximum atomic E-state index is 11.6. The molecular formula is C15H16N2O2. The minimum absolute atomic E-state index is 0.255. The smallest absolute Gasteiger partial charge is 0.262 e. The van der Waals surface area contributed by atoms with Crippen molar-refractivity contribution in [3.63, 3.8) is 0 Å². The zero-order valence-electron chi connectivity index (χ0n) is 10.7. The molecule has 0 heterocycles. The van der Waals surface area contributed by atoms with E-state index in [1.54, 1.807) is 19.2 Å². The highest BCUT2D eigenvalue weighted by molar-refractivity contribution is 5.26. The molecule has 1 N–H and O–H groups in total. The maximum absolute atomic E-state index is 11.6. The van der Waals surface area contributed by atoms with E-state index in [1.807, 2.05) is 48.5 Å². The molecule has 2 aromatic rings. The van der Waals surface area contributed by atoms with Gasteiger partial charge >= 0.3 is 5.66 Å². The third-order valence-electron chi connectivity index (χ3n) is 3.28. The van der Waals surface area contributed by atoms with Gasteiger partial charge < -0.3 is 0 Å². The Bertz CT molecular complexity index is 543. The van der Waals surface area contributed by atoms with Crippen LogP contribution in [0.15, 0.2) is 60.7 Å². The third kappa shape index (κ3) is 2.63. The first kappa shape index (κ1) is 13.2. The van der Waals surface area contributed by atoms with E-state index in [-0.39, 0.29) is 4.92 Å². The monoisotopic (exact) mass is 256 g/mol. The van der Waals surface area contributed by atoms with Gasteiger partial charge in [0.15, 0.2) is 0 Å². The van der Waals surface area contributed by atoms with Crippen molar-refractivity contribution < 1.29 is 4.92 Å². The SMILES string of the molecule is CNC(Cc1ccccc1)(c1ccccc1)[N+](=O)[O-]. The van der Waals surface area contributed by atoms with Gasteiger partial charge in [-0.25, -0.2) is 0 Å². The Morgan fingerprint density at radius 2 is 1.58 bits per heavy atom. The number of hydrogen-bond donors (Lipinski definition) is 1. The summed E-state index contributed by atoms with van der Waals surface area (Å²) in [4.78, 5) is 11.3. The summed E-state index contributed by atoms with van der Waals surface area (Å²) >= 11 is 0. The number of nitro groups is 1. The number of rotatable bonds is 5. The molecule has 2 rings (SSSR count). The van der Waals surface area contributed by atoms with E-state index in [4.69, 9.17) is 0 Å². The van der Waals surface area contributed by atoms with Gasteiger partial charge in [-0.05, 0) is 12.6 Å². The van der Waals surface area contributed by atoms with Gasteiger partial charge in [0.1, 0.15) is 0 Å². The highest BCUT2D eigenvalue weighted by atomic mass is 16.6. The van der Waals surface area contributed by atoms with Crippen LogP contribution in [0.5, 0.6) is 0 Å². The van der Waals surface area contributed by atoms with Crippen LogP contribution in [0.2, 0.25) is 0 Å². The summed E-state index contributed by atoms with van der Waals surface area (Å²) in [6.45, 7) is 0. The number of likely N-dealkylation sites (N-methyl/N-ethyl adjacent to an activating group) is 1. The molecule has 2 aromatic carbocycles. The van der Waals surface area contributed by atoms with Gasteiger partial charge in [-0.3, -0.25) is 15.4 Å². The lowest BCUT2D eigenvalue weighted by Crippen LogP contribution is -2.49. The Morgan fingerprint density at radius 1 is 1.05 bits per heavy atom. The highest BCUT2D eigenvalue weighted by Gasteiger charge is 2.43. The van der Waals surface area contributed by atoms with E-state index in [2.05, 4.69) is 5.32 Å². The molecule has 0 aliphatic carbocycles. The summed E-state index contributed by atoms with van der Waals surface area (Å²) in [5.74, 6) is 0. The van der Waals surface area contributed by atoms with Gasteiger partial charge in [0.05, 0.1) is 6.42 Å². The zero-order chi connectivity index (χ0) is 13.7. The second-order valence-electron chi connectivity index (χ2n) is 4.40. The highest BCUT2D eigenvalue weighted by Crippen LogP contribution is 2.26. The lowest BCUT2D eigenvalue weighted by Gasteiger charge is -2.25. The standard InChI is InChI=1S/C15H16N2O2/c1-16-15(17(18)19,14-10-6-3-7-11-14)12-13-8-4-2-5-9-13/h2-11,16H,12H2,1H3. The molecule has 0 saturated heterocycles. The van der Waals surface area contributed by atoms with E-state index in [0.29, 0.717) is 12.0 Å². The fourth-order valence-electron chi connectivity index (χ4n) is 2.20. The van der Waals surface area contributed by atoms with Gasteiger partial charge in [-0.15, -0.1) is 0 Å². The van der Waals surface area contributed by atoms with Crippen LogP contribution in [-0.4, -0.2) is 12.0 Å². The van der Waals surface area contributed by atoms with Crippen molar-refractivity contribution in [1.82, 2.24) is 5.32 Å². The van der Waals surface area contributed by atoms with Gasteiger partial charge in [0.25, 0.3) is 0 Å². The topological polar surface area (TPSA) is 55.2 Å². The lowest BCUT2D eigenvalue weighted by atomic mass is 9.92. The summed E-state index contributed by atoms with van der Waals surface area (Å²) in [6.07, 6.45) is 0.307. The van der Waals surface area contributed by atoms with E-state index in [9.17, 15) is 10.1 Å². The van der Waals surface area contributed by atoms with E-state index in [0.717, 1.165) is 5.56 Å². The molecular weight excluding hydrogens is 240 g/mol. The maximum Gasteiger partial charge on any atom is 0.304 e. The van der Waals surface area contributed by atoms with Crippen LogP contribution >= 0.6 is 0 Å². The molecule has 0 aliphatic rings. The Morgan fingerprint density at radius 3 is 2.05 bits per heavy atom. The predicted octanol–water partition coefficient (Wildman–Crippen LogP) is 2.58. The summed E-state index contributed by atoms with van der Waals surface area (Å²) in [6, 6.07) is 18.5. The molecule has 98 valence electrons. The molecule has 0 aromatic heterocycles. The molecule has 0 radical (unpaired) electrons. The average molecular weight is 256 g/mol.